The van der Waals surface area contributed by atoms with E-state index in [1.165, 1.54) is 0 Å². The highest BCUT2D eigenvalue weighted by Gasteiger charge is 2.25. The minimum atomic E-state index is 0.230. The van der Waals surface area contributed by atoms with Crippen molar-refractivity contribution in [2.24, 2.45) is 11.3 Å². The van der Waals surface area contributed by atoms with Crippen molar-refractivity contribution >= 4 is 23.2 Å². The van der Waals surface area contributed by atoms with E-state index in [-0.39, 0.29) is 5.41 Å². The van der Waals surface area contributed by atoms with Crippen LogP contribution in [0.1, 0.15) is 40.2 Å². The van der Waals surface area contributed by atoms with Gasteiger partial charge in [0.1, 0.15) is 0 Å². The monoisotopic (exact) mass is 301 g/mol. The molecule has 1 aromatic rings. The van der Waals surface area contributed by atoms with E-state index in [0.29, 0.717) is 22.0 Å². The molecule has 0 aromatic heterocycles. The van der Waals surface area contributed by atoms with Crippen molar-refractivity contribution in [2.45, 2.75) is 47.1 Å². The number of halogens is 2. The second kappa shape index (κ2) is 6.97. The van der Waals surface area contributed by atoms with Gasteiger partial charge in [0.15, 0.2) is 0 Å². The lowest BCUT2D eigenvalue weighted by Crippen LogP contribution is -2.36. The molecule has 3 heteroatoms. The fourth-order valence-electron chi connectivity index (χ4n) is 2.03. The number of rotatable bonds is 5. The third-order valence-corrected chi connectivity index (χ3v) is 4.35. The molecule has 0 aliphatic rings. The Hall–Kier alpha value is -0.240. The van der Waals surface area contributed by atoms with Gasteiger partial charge < -0.3 is 5.32 Å². The first kappa shape index (κ1) is 16.8. The molecule has 1 aromatic carbocycles. The quantitative estimate of drug-likeness (QED) is 0.788. The van der Waals surface area contributed by atoms with Crippen LogP contribution in [0.5, 0.6) is 0 Å². The molecule has 0 radical (unpaired) electrons. The van der Waals surface area contributed by atoms with Crippen molar-refractivity contribution < 1.29 is 0 Å². The van der Waals surface area contributed by atoms with Crippen LogP contribution in [0.15, 0.2) is 18.2 Å². The van der Waals surface area contributed by atoms with E-state index in [1.54, 1.807) is 0 Å². The van der Waals surface area contributed by atoms with E-state index in [1.807, 2.05) is 12.1 Å². The Balaban J connectivity index is 2.85. The zero-order valence-electron chi connectivity index (χ0n) is 12.6. The molecule has 0 saturated heterocycles. The molecule has 0 aliphatic heterocycles. The molecule has 0 aliphatic carbocycles. The first-order chi connectivity index (χ1) is 8.71. The molecular formula is C16H25Cl2N. The van der Waals surface area contributed by atoms with Gasteiger partial charge in [0, 0.05) is 6.04 Å². The third kappa shape index (κ3) is 5.33. The molecule has 0 fully saturated rings. The van der Waals surface area contributed by atoms with E-state index in [9.17, 15) is 0 Å². The third-order valence-electron chi connectivity index (χ3n) is 3.50. The van der Waals surface area contributed by atoms with Crippen molar-refractivity contribution in [3.8, 4) is 0 Å². The van der Waals surface area contributed by atoms with Crippen LogP contribution in [0, 0.1) is 11.3 Å². The number of hydrogen-bond donors (Lipinski definition) is 1. The molecule has 1 N–H and O–H groups in total. The van der Waals surface area contributed by atoms with Crippen molar-refractivity contribution in [2.75, 3.05) is 6.54 Å². The minimum absolute atomic E-state index is 0.230. The topological polar surface area (TPSA) is 12.0 Å². The molecule has 1 rings (SSSR count). The maximum atomic E-state index is 6.30. The molecule has 0 saturated carbocycles. The van der Waals surface area contributed by atoms with E-state index in [4.69, 9.17) is 23.2 Å². The standard InChI is InChI=1S/C16H25Cl2N/c1-11(2)19-10-13(16(3,4)5)9-12-7-6-8-14(17)15(12)18/h6-8,11,13,19H,9-10H2,1-5H3. The van der Waals surface area contributed by atoms with Crippen molar-refractivity contribution in [3.05, 3.63) is 33.8 Å². The van der Waals surface area contributed by atoms with Gasteiger partial charge in [0.2, 0.25) is 0 Å². The molecular weight excluding hydrogens is 277 g/mol. The summed E-state index contributed by atoms with van der Waals surface area (Å²) in [6, 6.07) is 6.38. The van der Waals surface area contributed by atoms with E-state index in [0.717, 1.165) is 18.5 Å². The van der Waals surface area contributed by atoms with Gasteiger partial charge in [-0.15, -0.1) is 0 Å². The molecule has 0 spiro atoms. The fraction of sp³-hybridized carbons (Fsp3) is 0.625. The highest BCUT2D eigenvalue weighted by Crippen LogP contribution is 2.33. The van der Waals surface area contributed by atoms with Gasteiger partial charge in [0.25, 0.3) is 0 Å². The molecule has 1 unspecified atom stereocenters. The van der Waals surface area contributed by atoms with Crippen LogP contribution in [0.2, 0.25) is 10.0 Å². The number of nitrogens with one attached hydrogen (secondary N) is 1. The SMILES string of the molecule is CC(C)NCC(Cc1cccc(Cl)c1Cl)C(C)(C)C. The van der Waals surface area contributed by atoms with Crippen LogP contribution in [0.4, 0.5) is 0 Å². The summed E-state index contributed by atoms with van der Waals surface area (Å²) in [5.41, 5.74) is 1.37. The van der Waals surface area contributed by atoms with Gasteiger partial charge >= 0.3 is 0 Å². The lowest BCUT2D eigenvalue weighted by atomic mass is 9.77. The Labute approximate surface area is 127 Å². The van der Waals surface area contributed by atoms with Crippen LogP contribution in [0.25, 0.3) is 0 Å². The summed E-state index contributed by atoms with van der Waals surface area (Å²) in [5.74, 6) is 0.519. The Morgan fingerprint density at radius 2 is 1.79 bits per heavy atom. The lowest BCUT2D eigenvalue weighted by Gasteiger charge is -2.32. The van der Waals surface area contributed by atoms with Gasteiger partial charge in [-0.1, -0.05) is 70.0 Å². The van der Waals surface area contributed by atoms with Gasteiger partial charge in [-0.25, -0.2) is 0 Å². The number of hydrogen-bond acceptors (Lipinski definition) is 1. The molecule has 0 bridgehead atoms. The maximum Gasteiger partial charge on any atom is 0.0624 e. The van der Waals surface area contributed by atoms with Gasteiger partial charge in [0.05, 0.1) is 10.0 Å². The molecule has 1 atom stereocenters. The van der Waals surface area contributed by atoms with Crippen molar-refractivity contribution in [3.63, 3.8) is 0 Å². The fourth-order valence-corrected chi connectivity index (χ4v) is 2.43. The van der Waals surface area contributed by atoms with E-state index in [2.05, 4.69) is 46.0 Å². The van der Waals surface area contributed by atoms with Gasteiger partial charge in [-0.05, 0) is 35.9 Å². The Morgan fingerprint density at radius 3 is 2.32 bits per heavy atom. The smallest absolute Gasteiger partial charge is 0.0624 e. The average molecular weight is 302 g/mol. The summed E-state index contributed by atoms with van der Waals surface area (Å²) in [6.07, 6.45) is 0.947. The summed E-state index contributed by atoms with van der Waals surface area (Å²) in [5, 5.41) is 4.87. The van der Waals surface area contributed by atoms with Crippen LogP contribution in [-0.4, -0.2) is 12.6 Å². The van der Waals surface area contributed by atoms with E-state index < -0.39 is 0 Å². The summed E-state index contributed by atoms with van der Waals surface area (Å²) < 4.78 is 0. The Kier molecular flexibility index (Phi) is 6.16. The predicted molar refractivity (Wildman–Crippen MR) is 86.2 cm³/mol. The first-order valence-electron chi connectivity index (χ1n) is 6.88. The largest absolute Gasteiger partial charge is 0.314 e. The van der Waals surface area contributed by atoms with E-state index >= 15 is 0 Å². The predicted octanol–water partition coefficient (Wildman–Crippen LogP) is 5.20. The van der Waals surface area contributed by atoms with Crippen molar-refractivity contribution in [1.82, 2.24) is 5.32 Å². The molecule has 108 valence electrons. The summed E-state index contributed by atoms with van der Waals surface area (Å²) >= 11 is 12.4. The van der Waals surface area contributed by atoms with Crippen LogP contribution in [-0.2, 0) is 6.42 Å². The highest BCUT2D eigenvalue weighted by molar-refractivity contribution is 6.42. The van der Waals surface area contributed by atoms with Crippen LogP contribution < -0.4 is 5.32 Å². The average Bonchev–Trinajstić information content (AvgIpc) is 2.27. The zero-order valence-corrected chi connectivity index (χ0v) is 14.1. The maximum absolute atomic E-state index is 6.30. The molecule has 0 amide bonds. The number of benzene rings is 1. The summed E-state index contributed by atoms with van der Waals surface area (Å²) in [7, 11) is 0. The van der Waals surface area contributed by atoms with Crippen LogP contribution in [0.3, 0.4) is 0 Å². The normalized spacial score (nSPS) is 13.9. The molecule has 19 heavy (non-hydrogen) atoms. The van der Waals surface area contributed by atoms with Crippen LogP contribution >= 0.6 is 23.2 Å². The lowest BCUT2D eigenvalue weighted by molar-refractivity contribution is 0.226. The molecule has 0 heterocycles. The van der Waals surface area contributed by atoms with Gasteiger partial charge in [-0.2, -0.15) is 0 Å². The zero-order chi connectivity index (χ0) is 14.6. The van der Waals surface area contributed by atoms with Gasteiger partial charge in [-0.3, -0.25) is 0 Å². The highest BCUT2D eigenvalue weighted by atomic mass is 35.5. The second-order valence-corrected chi connectivity index (χ2v) is 7.33. The summed E-state index contributed by atoms with van der Waals surface area (Å²) in [6.45, 7) is 12.2. The van der Waals surface area contributed by atoms with Crippen molar-refractivity contribution in [1.29, 1.82) is 0 Å². The second-order valence-electron chi connectivity index (χ2n) is 6.54. The summed E-state index contributed by atoms with van der Waals surface area (Å²) in [4.78, 5) is 0. The minimum Gasteiger partial charge on any atom is -0.314 e. The molecule has 1 nitrogen and oxygen atoms in total. The Bertz CT molecular complexity index is 408. The first-order valence-corrected chi connectivity index (χ1v) is 7.63. The Morgan fingerprint density at radius 1 is 1.16 bits per heavy atom.